The van der Waals surface area contributed by atoms with E-state index in [0.29, 0.717) is 47.6 Å². The minimum absolute atomic E-state index is 0.276. The van der Waals surface area contributed by atoms with Gasteiger partial charge in [0.15, 0.2) is 11.5 Å². The summed E-state index contributed by atoms with van der Waals surface area (Å²) in [6, 6.07) is 22.2. The zero-order valence-corrected chi connectivity index (χ0v) is 16.4. The lowest BCUT2D eigenvalue weighted by atomic mass is 10.1. The molecular weight excluding hydrogens is 390 g/mol. The van der Waals surface area contributed by atoms with Gasteiger partial charge in [-0.1, -0.05) is 54.1 Å². The molecule has 1 aliphatic rings. The van der Waals surface area contributed by atoms with E-state index in [9.17, 15) is 4.79 Å². The second-order valence-electron chi connectivity index (χ2n) is 6.62. The summed E-state index contributed by atoms with van der Waals surface area (Å²) in [4.78, 5) is 12.8. The molecule has 1 atom stereocenters. The summed E-state index contributed by atoms with van der Waals surface area (Å²) >= 11 is 6.10. The van der Waals surface area contributed by atoms with Crippen molar-refractivity contribution < 1.29 is 19.0 Å². The van der Waals surface area contributed by atoms with E-state index in [1.54, 1.807) is 18.2 Å². The Bertz CT molecular complexity index is 993. The maximum atomic E-state index is 12.8. The molecule has 3 aromatic rings. The quantitative estimate of drug-likeness (QED) is 0.651. The summed E-state index contributed by atoms with van der Waals surface area (Å²) in [5.41, 5.74) is 1.39. The fraction of sp³-hybridized carbons (Fsp3) is 0.174. The monoisotopic (exact) mass is 409 g/mol. The minimum atomic E-state index is -0.280. The molecule has 0 bridgehead atoms. The molecule has 0 aliphatic carbocycles. The van der Waals surface area contributed by atoms with E-state index in [1.807, 2.05) is 54.6 Å². The van der Waals surface area contributed by atoms with Crippen LogP contribution in [0.3, 0.4) is 0 Å². The molecule has 0 aromatic heterocycles. The van der Waals surface area contributed by atoms with Gasteiger partial charge >= 0.3 is 0 Å². The van der Waals surface area contributed by atoms with E-state index in [2.05, 4.69) is 5.32 Å². The number of hydrogen-bond acceptors (Lipinski definition) is 4. The smallest absolute Gasteiger partial charge is 0.255 e. The van der Waals surface area contributed by atoms with E-state index in [1.165, 1.54) is 0 Å². The van der Waals surface area contributed by atoms with Crippen LogP contribution in [0.15, 0.2) is 72.8 Å². The topological polar surface area (TPSA) is 56.8 Å². The number of benzene rings is 3. The Labute approximate surface area is 174 Å². The largest absolute Gasteiger partial charge is 0.488 e. The van der Waals surface area contributed by atoms with Crippen molar-refractivity contribution >= 4 is 17.5 Å². The Balaban J connectivity index is 1.40. The van der Waals surface area contributed by atoms with Gasteiger partial charge in [-0.25, -0.2) is 0 Å². The maximum Gasteiger partial charge on any atom is 0.255 e. The Kier molecular flexibility index (Phi) is 5.86. The van der Waals surface area contributed by atoms with Crippen molar-refractivity contribution in [2.45, 2.75) is 12.7 Å². The van der Waals surface area contributed by atoms with Crippen LogP contribution in [-0.2, 0) is 6.61 Å². The molecule has 0 saturated heterocycles. The van der Waals surface area contributed by atoms with Crippen LogP contribution in [0.25, 0.3) is 0 Å². The summed E-state index contributed by atoms with van der Waals surface area (Å²) in [5.74, 6) is 1.58. The molecule has 1 N–H and O–H groups in total. The Morgan fingerprint density at radius 3 is 2.62 bits per heavy atom. The standard InChI is InChI=1S/C23H20ClNO4/c24-17-10-11-20(27-14-16-6-2-1-3-7-16)19(12-17)23(26)25-13-18-15-28-21-8-4-5-9-22(21)29-18/h1-12,18H,13-15H2,(H,25,26)/t18-/m0/s1. The van der Waals surface area contributed by atoms with Gasteiger partial charge in [0.1, 0.15) is 25.1 Å². The first-order valence-electron chi connectivity index (χ1n) is 9.32. The highest BCUT2D eigenvalue weighted by Gasteiger charge is 2.22. The second kappa shape index (κ2) is 8.88. The minimum Gasteiger partial charge on any atom is -0.488 e. The molecule has 6 heteroatoms. The molecular formula is C23H20ClNO4. The molecule has 5 nitrogen and oxygen atoms in total. The van der Waals surface area contributed by atoms with Crippen molar-refractivity contribution in [3.05, 3.63) is 88.9 Å². The third kappa shape index (κ3) is 4.81. The van der Waals surface area contributed by atoms with Crippen molar-refractivity contribution in [3.8, 4) is 17.2 Å². The van der Waals surface area contributed by atoms with Crippen LogP contribution in [0.4, 0.5) is 0 Å². The van der Waals surface area contributed by atoms with Crippen molar-refractivity contribution in [2.24, 2.45) is 0 Å². The van der Waals surface area contributed by atoms with E-state index in [-0.39, 0.29) is 12.0 Å². The highest BCUT2D eigenvalue weighted by Crippen LogP contribution is 2.30. The predicted molar refractivity (Wildman–Crippen MR) is 111 cm³/mol. The van der Waals surface area contributed by atoms with Gasteiger partial charge in [0.05, 0.1) is 12.1 Å². The Morgan fingerprint density at radius 1 is 1.03 bits per heavy atom. The van der Waals surface area contributed by atoms with Gasteiger partial charge in [-0.2, -0.15) is 0 Å². The van der Waals surface area contributed by atoms with E-state index in [0.717, 1.165) is 5.56 Å². The van der Waals surface area contributed by atoms with Crippen LogP contribution in [0.5, 0.6) is 17.2 Å². The molecule has 3 aromatic carbocycles. The molecule has 1 aliphatic heterocycles. The number of halogens is 1. The van der Waals surface area contributed by atoms with Crippen LogP contribution in [0.1, 0.15) is 15.9 Å². The van der Waals surface area contributed by atoms with Gasteiger partial charge in [0.25, 0.3) is 5.91 Å². The van der Waals surface area contributed by atoms with Gasteiger partial charge in [-0.15, -0.1) is 0 Å². The predicted octanol–water partition coefficient (Wildman–Crippen LogP) is 4.49. The summed E-state index contributed by atoms with van der Waals surface area (Å²) in [6.45, 7) is 1.03. The van der Waals surface area contributed by atoms with Crippen LogP contribution in [0.2, 0.25) is 5.02 Å². The molecule has 1 heterocycles. The molecule has 0 radical (unpaired) electrons. The normalized spacial score (nSPS) is 14.9. The van der Waals surface area contributed by atoms with Crippen molar-refractivity contribution in [3.63, 3.8) is 0 Å². The molecule has 0 saturated carbocycles. The summed E-state index contributed by atoms with van der Waals surface area (Å²) in [7, 11) is 0. The third-order valence-electron chi connectivity index (χ3n) is 4.48. The zero-order chi connectivity index (χ0) is 20.1. The number of nitrogens with one attached hydrogen (secondary N) is 1. The van der Waals surface area contributed by atoms with Crippen LogP contribution >= 0.6 is 11.6 Å². The lowest BCUT2D eigenvalue weighted by Crippen LogP contribution is -2.40. The van der Waals surface area contributed by atoms with Crippen molar-refractivity contribution in [1.29, 1.82) is 0 Å². The fourth-order valence-electron chi connectivity index (χ4n) is 3.01. The van der Waals surface area contributed by atoms with Crippen molar-refractivity contribution in [1.82, 2.24) is 5.32 Å². The van der Waals surface area contributed by atoms with E-state index < -0.39 is 0 Å². The third-order valence-corrected chi connectivity index (χ3v) is 4.72. The lowest BCUT2D eigenvalue weighted by molar-refractivity contribution is 0.0787. The van der Waals surface area contributed by atoms with Gasteiger partial charge < -0.3 is 19.5 Å². The van der Waals surface area contributed by atoms with Gasteiger partial charge in [0.2, 0.25) is 0 Å². The molecule has 4 rings (SSSR count). The zero-order valence-electron chi connectivity index (χ0n) is 15.6. The summed E-state index contributed by atoms with van der Waals surface area (Å²) in [5, 5.41) is 3.35. The molecule has 0 fully saturated rings. The molecule has 0 spiro atoms. The van der Waals surface area contributed by atoms with Crippen LogP contribution in [0, 0.1) is 0 Å². The van der Waals surface area contributed by atoms with E-state index in [4.69, 9.17) is 25.8 Å². The van der Waals surface area contributed by atoms with Crippen LogP contribution in [-0.4, -0.2) is 25.2 Å². The Morgan fingerprint density at radius 2 is 1.79 bits per heavy atom. The van der Waals surface area contributed by atoms with Crippen molar-refractivity contribution in [2.75, 3.05) is 13.2 Å². The average molecular weight is 410 g/mol. The van der Waals surface area contributed by atoms with Gasteiger partial charge in [-0.3, -0.25) is 4.79 Å². The van der Waals surface area contributed by atoms with Gasteiger partial charge in [0, 0.05) is 5.02 Å². The number of fused-ring (bicyclic) bond motifs is 1. The molecule has 148 valence electrons. The lowest BCUT2D eigenvalue weighted by Gasteiger charge is -2.26. The highest BCUT2D eigenvalue weighted by molar-refractivity contribution is 6.31. The second-order valence-corrected chi connectivity index (χ2v) is 7.06. The van der Waals surface area contributed by atoms with Gasteiger partial charge in [-0.05, 0) is 35.9 Å². The Hall–Kier alpha value is -3.18. The fourth-order valence-corrected chi connectivity index (χ4v) is 3.18. The molecule has 29 heavy (non-hydrogen) atoms. The van der Waals surface area contributed by atoms with Crippen LogP contribution < -0.4 is 19.5 Å². The number of hydrogen-bond donors (Lipinski definition) is 1. The number of rotatable bonds is 6. The molecule has 1 amide bonds. The summed E-state index contributed by atoms with van der Waals surface area (Å²) < 4.78 is 17.4. The average Bonchev–Trinajstić information content (AvgIpc) is 2.77. The molecule has 0 unspecified atom stereocenters. The highest BCUT2D eigenvalue weighted by atomic mass is 35.5. The van der Waals surface area contributed by atoms with E-state index >= 15 is 0 Å². The number of carbonyl (C=O) groups excluding carboxylic acids is 1. The first-order chi connectivity index (χ1) is 14.2. The number of amides is 1. The first-order valence-corrected chi connectivity index (χ1v) is 9.70. The SMILES string of the molecule is O=C(NC[C@H]1COc2ccccc2O1)c1cc(Cl)ccc1OCc1ccccc1. The number of carbonyl (C=O) groups is 1. The maximum absolute atomic E-state index is 12.8. The summed E-state index contributed by atoms with van der Waals surface area (Å²) in [6.07, 6.45) is -0.276. The number of para-hydroxylation sites is 2. The first kappa shape index (κ1) is 19.2. The number of ether oxygens (including phenoxy) is 3.